The predicted octanol–water partition coefficient (Wildman–Crippen LogP) is 2.48. The van der Waals surface area contributed by atoms with Crippen LogP contribution in [0.3, 0.4) is 0 Å². The fourth-order valence-corrected chi connectivity index (χ4v) is 3.21. The van der Waals surface area contributed by atoms with Gasteiger partial charge in [0.2, 0.25) is 12.7 Å². The molecule has 5 heteroatoms. The summed E-state index contributed by atoms with van der Waals surface area (Å²) in [5.74, 6) is 1.65. The molecule has 5 nitrogen and oxygen atoms in total. The Bertz CT molecular complexity index is 775. The van der Waals surface area contributed by atoms with E-state index in [1.54, 1.807) is 0 Å². The summed E-state index contributed by atoms with van der Waals surface area (Å²) in [6, 6.07) is 13.7. The van der Waals surface area contributed by atoms with Gasteiger partial charge in [-0.1, -0.05) is 24.3 Å². The van der Waals surface area contributed by atoms with Crippen LogP contribution in [0.15, 0.2) is 42.5 Å². The van der Waals surface area contributed by atoms with Crippen LogP contribution >= 0.6 is 0 Å². The highest BCUT2D eigenvalue weighted by Gasteiger charge is 2.27. The Morgan fingerprint density at radius 2 is 2.04 bits per heavy atom. The number of nitrogens with zero attached hydrogens (tertiary/aromatic N) is 1. The monoisotopic (exact) mass is 324 g/mol. The van der Waals surface area contributed by atoms with E-state index in [-0.39, 0.29) is 18.7 Å². The van der Waals surface area contributed by atoms with Crippen molar-refractivity contribution in [1.82, 2.24) is 5.32 Å². The van der Waals surface area contributed by atoms with Crippen LogP contribution in [0.5, 0.6) is 11.5 Å². The second-order valence-corrected chi connectivity index (χ2v) is 6.16. The molecule has 1 unspecified atom stereocenters. The fourth-order valence-electron chi connectivity index (χ4n) is 3.21. The summed E-state index contributed by atoms with van der Waals surface area (Å²) >= 11 is 0. The zero-order valence-electron chi connectivity index (χ0n) is 13.6. The van der Waals surface area contributed by atoms with E-state index >= 15 is 0 Å². The van der Waals surface area contributed by atoms with Crippen molar-refractivity contribution in [3.8, 4) is 11.5 Å². The van der Waals surface area contributed by atoms with Gasteiger partial charge in [0, 0.05) is 18.8 Å². The smallest absolute Gasteiger partial charge is 0.243 e. The van der Waals surface area contributed by atoms with Gasteiger partial charge in [-0.15, -0.1) is 0 Å². The van der Waals surface area contributed by atoms with E-state index in [9.17, 15) is 4.79 Å². The molecule has 0 aliphatic carbocycles. The molecule has 2 aliphatic heterocycles. The molecular weight excluding hydrogens is 304 g/mol. The molecule has 1 atom stereocenters. The highest BCUT2D eigenvalue weighted by Crippen LogP contribution is 2.32. The summed E-state index contributed by atoms with van der Waals surface area (Å²) in [7, 11) is 0. The third kappa shape index (κ3) is 2.71. The molecule has 24 heavy (non-hydrogen) atoms. The maximum absolute atomic E-state index is 12.7. The third-order valence-electron chi connectivity index (χ3n) is 4.57. The zero-order valence-corrected chi connectivity index (χ0v) is 13.6. The van der Waals surface area contributed by atoms with Gasteiger partial charge in [-0.3, -0.25) is 4.79 Å². The molecule has 0 fully saturated rings. The highest BCUT2D eigenvalue weighted by molar-refractivity contribution is 5.98. The molecule has 2 heterocycles. The van der Waals surface area contributed by atoms with E-state index in [0.717, 1.165) is 35.7 Å². The van der Waals surface area contributed by atoms with Gasteiger partial charge in [0.05, 0.1) is 6.04 Å². The molecule has 124 valence electrons. The number of amides is 1. The second-order valence-electron chi connectivity index (χ2n) is 6.16. The fraction of sp³-hybridized carbons (Fsp3) is 0.316. The Labute approximate surface area is 141 Å². The number of ether oxygens (including phenoxy) is 2. The molecule has 2 aromatic carbocycles. The number of rotatable bonds is 4. The predicted molar refractivity (Wildman–Crippen MR) is 91.4 cm³/mol. The van der Waals surface area contributed by atoms with Crippen LogP contribution in [0.4, 0.5) is 5.69 Å². The van der Waals surface area contributed by atoms with E-state index in [1.165, 1.54) is 5.56 Å². The van der Waals surface area contributed by atoms with Crippen molar-refractivity contribution in [2.75, 3.05) is 18.2 Å². The van der Waals surface area contributed by atoms with Crippen LogP contribution in [0.2, 0.25) is 0 Å². The lowest BCUT2D eigenvalue weighted by molar-refractivity contribution is -0.120. The van der Waals surface area contributed by atoms with Gasteiger partial charge in [0.25, 0.3) is 0 Å². The van der Waals surface area contributed by atoms with Crippen molar-refractivity contribution in [3.63, 3.8) is 0 Å². The molecule has 0 bridgehead atoms. The molecule has 1 N–H and O–H groups in total. The van der Waals surface area contributed by atoms with Crippen LogP contribution in [-0.2, 0) is 17.8 Å². The Hall–Kier alpha value is -2.53. The van der Waals surface area contributed by atoms with Crippen LogP contribution < -0.4 is 19.7 Å². The van der Waals surface area contributed by atoms with E-state index in [1.807, 2.05) is 48.2 Å². The molecule has 1 amide bonds. The largest absolute Gasteiger partial charge is 0.454 e. The van der Waals surface area contributed by atoms with E-state index < -0.39 is 0 Å². The van der Waals surface area contributed by atoms with Gasteiger partial charge < -0.3 is 19.7 Å². The minimum Gasteiger partial charge on any atom is -0.454 e. The normalized spacial score (nSPS) is 16.1. The lowest BCUT2D eigenvalue weighted by atomic mass is 10.1. The summed E-state index contributed by atoms with van der Waals surface area (Å²) in [5, 5.41) is 3.31. The van der Waals surface area contributed by atoms with Gasteiger partial charge in [-0.2, -0.15) is 0 Å². The first kappa shape index (κ1) is 15.0. The number of nitrogens with one attached hydrogen (secondary N) is 1. The number of carbonyl (C=O) groups is 1. The van der Waals surface area contributed by atoms with Gasteiger partial charge in [0.1, 0.15) is 0 Å². The van der Waals surface area contributed by atoms with Crippen LogP contribution in [0.1, 0.15) is 18.1 Å². The Balaban J connectivity index is 1.40. The van der Waals surface area contributed by atoms with Crippen LogP contribution in [0.25, 0.3) is 0 Å². The Morgan fingerprint density at radius 1 is 1.21 bits per heavy atom. The topological polar surface area (TPSA) is 50.8 Å². The molecular formula is C19H20N2O3. The van der Waals surface area contributed by atoms with Crippen molar-refractivity contribution in [2.24, 2.45) is 0 Å². The molecule has 0 aromatic heterocycles. The van der Waals surface area contributed by atoms with Crippen molar-refractivity contribution < 1.29 is 14.3 Å². The average Bonchev–Trinajstić information content (AvgIpc) is 3.25. The first-order chi connectivity index (χ1) is 11.7. The minimum absolute atomic E-state index is 0.112. The molecule has 0 saturated carbocycles. The molecule has 0 spiro atoms. The Kier molecular flexibility index (Phi) is 3.86. The third-order valence-corrected chi connectivity index (χ3v) is 4.57. The molecule has 2 aromatic rings. The summed E-state index contributed by atoms with van der Waals surface area (Å²) in [5.41, 5.74) is 3.36. The number of para-hydroxylation sites is 1. The number of hydrogen-bond donors (Lipinski definition) is 1. The van der Waals surface area contributed by atoms with Gasteiger partial charge in [-0.05, 0) is 42.7 Å². The highest BCUT2D eigenvalue weighted by atomic mass is 16.7. The number of hydrogen-bond acceptors (Lipinski definition) is 4. The lowest BCUT2D eigenvalue weighted by Gasteiger charge is -2.22. The zero-order chi connectivity index (χ0) is 16.5. The maximum Gasteiger partial charge on any atom is 0.243 e. The van der Waals surface area contributed by atoms with Crippen LogP contribution in [-0.4, -0.2) is 25.3 Å². The standard InChI is InChI=1S/C19H20N2O3/c1-13(19(22)21-9-8-15-4-2-3-5-16(15)21)20-11-14-6-7-17-18(10-14)24-12-23-17/h2-7,10,13,20H,8-9,11-12H2,1H3. The first-order valence-corrected chi connectivity index (χ1v) is 8.23. The maximum atomic E-state index is 12.7. The van der Waals surface area contributed by atoms with Gasteiger partial charge in [-0.25, -0.2) is 0 Å². The van der Waals surface area contributed by atoms with E-state index in [0.29, 0.717) is 6.54 Å². The lowest BCUT2D eigenvalue weighted by Crippen LogP contribution is -2.44. The average molecular weight is 324 g/mol. The van der Waals surface area contributed by atoms with E-state index in [2.05, 4.69) is 11.4 Å². The van der Waals surface area contributed by atoms with Crippen molar-refractivity contribution >= 4 is 11.6 Å². The number of carbonyl (C=O) groups excluding carboxylic acids is 1. The molecule has 4 rings (SSSR count). The minimum atomic E-state index is -0.249. The molecule has 0 radical (unpaired) electrons. The summed E-state index contributed by atoms with van der Waals surface area (Å²) in [6.07, 6.45) is 0.927. The number of fused-ring (bicyclic) bond motifs is 2. The first-order valence-electron chi connectivity index (χ1n) is 8.23. The van der Waals surface area contributed by atoms with Crippen molar-refractivity contribution in [3.05, 3.63) is 53.6 Å². The summed E-state index contributed by atoms with van der Waals surface area (Å²) in [4.78, 5) is 14.6. The van der Waals surface area contributed by atoms with E-state index in [4.69, 9.17) is 9.47 Å². The van der Waals surface area contributed by atoms with Crippen molar-refractivity contribution in [1.29, 1.82) is 0 Å². The SMILES string of the molecule is CC(NCc1ccc2c(c1)OCO2)C(=O)N1CCc2ccccc21. The second kappa shape index (κ2) is 6.17. The number of anilines is 1. The Morgan fingerprint density at radius 3 is 2.96 bits per heavy atom. The summed E-state index contributed by atoms with van der Waals surface area (Å²) in [6.45, 7) is 3.55. The molecule has 2 aliphatic rings. The van der Waals surface area contributed by atoms with Crippen LogP contribution in [0, 0.1) is 0 Å². The molecule has 0 saturated heterocycles. The van der Waals surface area contributed by atoms with Crippen molar-refractivity contribution in [2.45, 2.75) is 25.9 Å². The number of benzene rings is 2. The summed E-state index contributed by atoms with van der Waals surface area (Å²) < 4.78 is 10.7. The van der Waals surface area contributed by atoms with Gasteiger partial charge in [0.15, 0.2) is 11.5 Å². The van der Waals surface area contributed by atoms with Gasteiger partial charge >= 0.3 is 0 Å². The quantitative estimate of drug-likeness (QED) is 0.939.